The van der Waals surface area contributed by atoms with E-state index in [1.54, 1.807) is 11.0 Å². The lowest BCUT2D eigenvalue weighted by atomic mass is 10.00. The van der Waals surface area contributed by atoms with Gasteiger partial charge in [-0.1, -0.05) is 18.6 Å². The van der Waals surface area contributed by atoms with E-state index in [2.05, 4.69) is 46.1 Å². The number of carbonyl (C=O) groups excluding carboxylic acids is 1. The maximum absolute atomic E-state index is 15.0. The Morgan fingerprint density at radius 3 is 2.72 bits per heavy atom. The molecule has 1 N–H and O–H groups in total. The summed E-state index contributed by atoms with van der Waals surface area (Å²) in [6.07, 6.45) is 9.57. The second-order valence-electron chi connectivity index (χ2n) is 10.1. The van der Waals surface area contributed by atoms with Crippen molar-refractivity contribution in [2.24, 2.45) is 0 Å². The predicted molar refractivity (Wildman–Crippen MR) is 139 cm³/mol. The zero-order valence-corrected chi connectivity index (χ0v) is 20.9. The number of ether oxygens (including phenoxy) is 1. The lowest BCUT2D eigenvalue weighted by Gasteiger charge is -2.29. The Bertz CT molecular complexity index is 1350. The standard InChI is InChI=1S/C28H32FN5O2/c1-3-19-6-7-33(15-19)28(35)31-24-14-22(18(2)12-23(24)29)21-13-26(32-8-10-36-11-9-32)27-30-25(20-4-5-20)17-34(27)16-21/h6,12-14,16-17,20H,3-5,7-11,15H2,1-2H3,(H,31,35). The van der Waals surface area contributed by atoms with Crippen LogP contribution < -0.4 is 10.2 Å². The van der Waals surface area contributed by atoms with Gasteiger partial charge in [-0.2, -0.15) is 0 Å². The van der Waals surface area contributed by atoms with Crippen molar-refractivity contribution in [3.05, 3.63) is 59.3 Å². The summed E-state index contributed by atoms with van der Waals surface area (Å²) in [5, 5.41) is 2.81. The number of amides is 2. The number of urea groups is 1. The number of rotatable bonds is 5. The van der Waals surface area contributed by atoms with Crippen LogP contribution in [0.5, 0.6) is 0 Å². The second-order valence-corrected chi connectivity index (χ2v) is 10.1. The number of nitrogens with zero attached hydrogens (tertiary/aromatic N) is 4. The molecule has 8 heteroatoms. The van der Waals surface area contributed by atoms with Crippen LogP contribution >= 0.6 is 0 Å². The topological polar surface area (TPSA) is 62.1 Å². The molecule has 0 atom stereocenters. The Kier molecular flexibility index (Phi) is 5.91. The number of carbonyl (C=O) groups is 1. The minimum Gasteiger partial charge on any atom is -0.378 e. The quantitative estimate of drug-likeness (QED) is 0.491. The number of benzene rings is 1. The number of fused-ring (bicyclic) bond motifs is 1. The fourth-order valence-corrected chi connectivity index (χ4v) is 5.16. The van der Waals surface area contributed by atoms with Crippen molar-refractivity contribution < 1.29 is 13.9 Å². The van der Waals surface area contributed by atoms with Crippen LogP contribution in [0.1, 0.15) is 43.4 Å². The zero-order chi connectivity index (χ0) is 24.8. The summed E-state index contributed by atoms with van der Waals surface area (Å²) in [6, 6.07) is 5.13. The molecule has 4 heterocycles. The molecule has 2 aromatic heterocycles. The highest BCUT2D eigenvalue weighted by Crippen LogP contribution is 2.41. The van der Waals surface area contributed by atoms with Crippen LogP contribution in [-0.4, -0.2) is 59.7 Å². The number of anilines is 2. The normalized spacial score (nSPS) is 18.1. The molecule has 188 valence electrons. The van der Waals surface area contributed by atoms with E-state index >= 15 is 0 Å². The third-order valence-electron chi connectivity index (χ3n) is 7.50. The lowest BCUT2D eigenvalue weighted by Crippen LogP contribution is -2.36. The van der Waals surface area contributed by atoms with Gasteiger partial charge < -0.3 is 24.3 Å². The first-order valence-electron chi connectivity index (χ1n) is 12.9. The number of pyridine rings is 1. The van der Waals surface area contributed by atoms with Crippen LogP contribution in [0, 0.1) is 12.7 Å². The number of morpholine rings is 1. The summed E-state index contributed by atoms with van der Waals surface area (Å²) in [6.45, 7) is 8.10. The van der Waals surface area contributed by atoms with Gasteiger partial charge in [0.1, 0.15) is 5.82 Å². The van der Waals surface area contributed by atoms with Gasteiger partial charge in [0.2, 0.25) is 0 Å². The number of halogens is 1. The van der Waals surface area contributed by atoms with Gasteiger partial charge >= 0.3 is 6.03 Å². The molecule has 1 saturated carbocycles. The van der Waals surface area contributed by atoms with Gasteiger partial charge in [-0.05, 0) is 55.5 Å². The van der Waals surface area contributed by atoms with E-state index in [0.717, 1.165) is 53.2 Å². The maximum Gasteiger partial charge on any atom is 0.322 e. The Morgan fingerprint density at radius 2 is 2.00 bits per heavy atom. The van der Waals surface area contributed by atoms with E-state index in [-0.39, 0.29) is 11.7 Å². The molecule has 36 heavy (non-hydrogen) atoms. The highest BCUT2D eigenvalue weighted by atomic mass is 19.1. The average molecular weight is 490 g/mol. The van der Waals surface area contributed by atoms with Crippen molar-refractivity contribution in [1.29, 1.82) is 0 Å². The van der Waals surface area contributed by atoms with Gasteiger partial charge in [0.15, 0.2) is 5.65 Å². The monoisotopic (exact) mass is 489 g/mol. The van der Waals surface area contributed by atoms with Crippen molar-refractivity contribution in [2.75, 3.05) is 49.6 Å². The summed E-state index contributed by atoms with van der Waals surface area (Å²) >= 11 is 0. The molecule has 1 aliphatic carbocycles. The van der Waals surface area contributed by atoms with Gasteiger partial charge in [0, 0.05) is 50.1 Å². The molecule has 2 aliphatic heterocycles. The van der Waals surface area contributed by atoms with Crippen LogP contribution in [0.3, 0.4) is 0 Å². The third-order valence-corrected chi connectivity index (χ3v) is 7.50. The van der Waals surface area contributed by atoms with E-state index in [4.69, 9.17) is 9.72 Å². The van der Waals surface area contributed by atoms with E-state index in [0.29, 0.717) is 32.2 Å². The predicted octanol–water partition coefficient (Wildman–Crippen LogP) is 5.35. The maximum atomic E-state index is 15.0. The first-order chi connectivity index (χ1) is 17.5. The molecule has 6 rings (SSSR count). The van der Waals surface area contributed by atoms with Crippen molar-refractivity contribution in [1.82, 2.24) is 14.3 Å². The molecule has 3 aromatic rings. The molecule has 2 fully saturated rings. The van der Waals surface area contributed by atoms with Gasteiger partial charge in [-0.25, -0.2) is 14.2 Å². The summed E-state index contributed by atoms with van der Waals surface area (Å²) in [5.41, 5.74) is 7.24. The van der Waals surface area contributed by atoms with Crippen LogP contribution in [0.25, 0.3) is 16.8 Å². The number of aromatic nitrogens is 2. The van der Waals surface area contributed by atoms with Gasteiger partial charge in [-0.15, -0.1) is 0 Å². The highest BCUT2D eigenvalue weighted by Gasteiger charge is 2.28. The molecule has 7 nitrogen and oxygen atoms in total. The number of hydrogen-bond donors (Lipinski definition) is 1. The number of aryl methyl sites for hydroxylation is 1. The molecule has 0 bridgehead atoms. The molecule has 2 amide bonds. The Balaban J connectivity index is 1.37. The summed E-state index contributed by atoms with van der Waals surface area (Å²) < 4.78 is 22.7. The summed E-state index contributed by atoms with van der Waals surface area (Å²) in [4.78, 5) is 21.9. The van der Waals surface area contributed by atoms with Crippen LogP contribution in [0.15, 0.2) is 42.2 Å². The van der Waals surface area contributed by atoms with Crippen molar-refractivity contribution in [2.45, 2.75) is 39.0 Å². The zero-order valence-electron chi connectivity index (χ0n) is 20.9. The molecule has 1 aromatic carbocycles. The van der Waals surface area contributed by atoms with Crippen molar-refractivity contribution in [3.63, 3.8) is 0 Å². The van der Waals surface area contributed by atoms with E-state index in [1.165, 1.54) is 24.5 Å². The van der Waals surface area contributed by atoms with Crippen LogP contribution in [0.4, 0.5) is 20.6 Å². The smallest absolute Gasteiger partial charge is 0.322 e. The molecule has 0 spiro atoms. The third kappa shape index (κ3) is 4.34. The SMILES string of the molecule is CCC1=CCN(C(=O)Nc2cc(-c3cc(N4CCOCC4)c4nc(C5CC5)cn4c3)c(C)cc2F)C1. The van der Waals surface area contributed by atoms with E-state index < -0.39 is 5.82 Å². The largest absolute Gasteiger partial charge is 0.378 e. The summed E-state index contributed by atoms with van der Waals surface area (Å²) in [7, 11) is 0. The van der Waals surface area contributed by atoms with Crippen LogP contribution in [-0.2, 0) is 4.74 Å². The fraction of sp³-hybridized carbons (Fsp3) is 0.429. The first-order valence-corrected chi connectivity index (χ1v) is 12.9. The molecular formula is C28H32FN5O2. The minimum absolute atomic E-state index is 0.197. The Labute approximate surface area is 210 Å². The Hall–Kier alpha value is -3.39. The number of hydrogen-bond acceptors (Lipinski definition) is 4. The molecular weight excluding hydrogens is 457 g/mol. The second kappa shape index (κ2) is 9.24. The minimum atomic E-state index is -0.430. The number of imidazole rings is 1. The molecule has 1 saturated heterocycles. The molecule has 0 unspecified atom stereocenters. The lowest BCUT2D eigenvalue weighted by molar-refractivity contribution is 0.123. The Morgan fingerprint density at radius 1 is 1.19 bits per heavy atom. The van der Waals surface area contributed by atoms with Crippen molar-refractivity contribution >= 4 is 23.1 Å². The van der Waals surface area contributed by atoms with Gasteiger partial charge in [-0.3, -0.25) is 0 Å². The van der Waals surface area contributed by atoms with E-state index in [9.17, 15) is 9.18 Å². The van der Waals surface area contributed by atoms with Gasteiger partial charge in [0.05, 0.1) is 30.3 Å². The number of nitrogens with one attached hydrogen (secondary N) is 1. The highest BCUT2D eigenvalue weighted by molar-refractivity contribution is 5.91. The van der Waals surface area contributed by atoms with Gasteiger partial charge in [0.25, 0.3) is 0 Å². The fourth-order valence-electron chi connectivity index (χ4n) is 5.16. The van der Waals surface area contributed by atoms with E-state index in [1.807, 2.05) is 6.92 Å². The van der Waals surface area contributed by atoms with Crippen molar-refractivity contribution in [3.8, 4) is 11.1 Å². The first kappa shape index (κ1) is 23.0. The summed E-state index contributed by atoms with van der Waals surface area (Å²) in [5.74, 6) is 0.120. The average Bonchev–Trinajstić information content (AvgIpc) is 3.46. The van der Waals surface area contributed by atoms with Crippen LogP contribution in [0.2, 0.25) is 0 Å². The molecule has 0 radical (unpaired) electrons. The molecule has 3 aliphatic rings.